The number of imidazole rings is 1. The Morgan fingerprint density at radius 2 is 2.24 bits per heavy atom. The van der Waals surface area contributed by atoms with E-state index in [1.54, 1.807) is 11.3 Å². The van der Waals surface area contributed by atoms with Gasteiger partial charge < -0.3 is 4.57 Å². The van der Waals surface area contributed by atoms with Gasteiger partial charge in [0.1, 0.15) is 5.82 Å². The summed E-state index contributed by atoms with van der Waals surface area (Å²) >= 11 is 1.69. The zero-order valence-electron chi connectivity index (χ0n) is 12.6. The van der Waals surface area contributed by atoms with E-state index in [1.165, 1.54) is 61.6 Å². The molecule has 1 atom stereocenters. The fourth-order valence-corrected chi connectivity index (χ4v) is 4.44. The van der Waals surface area contributed by atoms with Gasteiger partial charge in [0.05, 0.1) is 16.9 Å². The van der Waals surface area contributed by atoms with E-state index in [0.717, 1.165) is 13.1 Å². The SMILES string of the molecule is Cc1nc2c(n1C1CCN(Cc3cscn3)C1)CCCC2. The summed E-state index contributed by atoms with van der Waals surface area (Å²) in [6, 6.07) is 0.609. The lowest BCUT2D eigenvalue weighted by molar-refractivity contribution is 0.311. The molecule has 0 radical (unpaired) electrons. The standard InChI is InChI=1S/C16H22N4S/c1-12-18-15-4-2-3-5-16(15)20(12)14-6-7-19(9-14)8-13-10-21-11-17-13/h10-11,14H,2-9H2,1H3. The second-order valence-electron chi connectivity index (χ2n) is 6.29. The van der Waals surface area contributed by atoms with Crippen molar-refractivity contribution in [2.75, 3.05) is 13.1 Å². The summed E-state index contributed by atoms with van der Waals surface area (Å²) in [6.45, 7) is 5.49. The fraction of sp³-hybridized carbons (Fsp3) is 0.625. The molecule has 0 saturated carbocycles. The number of aromatic nitrogens is 3. The Balaban J connectivity index is 1.52. The van der Waals surface area contributed by atoms with Crippen LogP contribution in [-0.4, -0.2) is 32.5 Å². The predicted octanol–water partition coefficient (Wildman–Crippen LogP) is 2.97. The van der Waals surface area contributed by atoms with E-state index in [2.05, 4.69) is 26.8 Å². The van der Waals surface area contributed by atoms with Gasteiger partial charge in [-0.25, -0.2) is 9.97 Å². The minimum Gasteiger partial charge on any atom is -0.328 e. The van der Waals surface area contributed by atoms with Crippen LogP contribution >= 0.6 is 11.3 Å². The number of nitrogens with zero attached hydrogens (tertiary/aromatic N) is 4. The zero-order chi connectivity index (χ0) is 14.2. The third-order valence-electron chi connectivity index (χ3n) is 4.83. The van der Waals surface area contributed by atoms with Crippen LogP contribution in [0.2, 0.25) is 0 Å². The molecule has 21 heavy (non-hydrogen) atoms. The molecule has 1 aliphatic heterocycles. The van der Waals surface area contributed by atoms with Gasteiger partial charge in [-0.3, -0.25) is 4.90 Å². The molecule has 0 aromatic carbocycles. The van der Waals surface area contributed by atoms with E-state index < -0.39 is 0 Å². The molecule has 0 spiro atoms. The summed E-state index contributed by atoms with van der Waals surface area (Å²) in [6.07, 6.45) is 6.28. The van der Waals surface area contributed by atoms with Crippen molar-refractivity contribution >= 4 is 11.3 Å². The second-order valence-corrected chi connectivity index (χ2v) is 7.01. The Kier molecular flexibility index (Phi) is 3.55. The van der Waals surface area contributed by atoms with Crippen LogP contribution < -0.4 is 0 Å². The van der Waals surface area contributed by atoms with Gasteiger partial charge in [0.2, 0.25) is 0 Å². The Morgan fingerprint density at radius 3 is 3.10 bits per heavy atom. The average Bonchev–Trinajstić information content (AvgIpc) is 3.18. The van der Waals surface area contributed by atoms with E-state index in [4.69, 9.17) is 4.98 Å². The second kappa shape index (κ2) is 5.54. The van der Waals surface area contributed by atoms with Gasteiger partial charge in [0.25, 0.3) is 0 Å². The molecule has 0 N–H and O–H groups in total. The quantitative estimate of drug-likeness (QED) is 0.874. The van der Waals surface area contributed by atoms with Crippen LogP contribution in [0.15, 0.2) is 10.9 Å². The van der Waals surface area contributed by atoms with Crippen molar-refractivity contribution in [2.24, 2.45) is 0 Å². The van der Waals surface area contributed by atoms with Gasteiger partial charge in [-0.1, -0.05) is 0 Å². The maximum atomic E-state index is 4.83. The highest BCUT2D eigenvalue weighted by Crippen LogP contribution is 2.30. The largest absolute Gasteiger partial charge is 0.328 e. The third kappa shape index (κ3) is 2.53. The first-order chi connectivity index (χ1) is 10.3. The number of thiazole rings is 1. The van der Waals surface area contributed by atoms with Crippen molar-refractivity contribution in [3.05, 3.63) is 33.8 Å². The summed E-state index contributed by atoms with van der Waals surface area (Å²) in [7, 11) is 0. The molecule has 1 fully saturated rings. The highest BCUT2D eigenvalue weighted by molar-refractivity contribution is 7.07. The number of hydrogen-bond acceptors (Lipinski definition) is 4. The number of aryl methyl sites for hydroxylation is 2. The lowest BCUT2D eigenvalue weighted by Gasteiger charge is -2.21. The Bertz CT molecular complexity index is 617. The third-order valence-corrected chi connectivity index (χ3v) is 5.46. The molecule has 2 aromatic heterocycles. The van der Waals surface area contributed by atoms with Crippen LogP contribution in [0.4, 0.5) is 0 Å². The molecule has 0 bridgehead atoms. The molecule has 3 heterocycles. The first kappa shape index (κ1) is 13.5. The van der Waals surface area contributed by atoms with Crippen LogP contribution in [0.5, 0.6) is 0 Å². The zero-order valence-corrected chi connectivity index (χ0v) is 13.4. The van der Waals surface area contributed by atoms with E-state index in [-0.39, 0.29) is 0 Å². The van der Waals surface area contributed by atoms with Gasteiger partial charge in [-0.2, -0.15) is 0 Å². The number of hydrogen-bond donors (Lipinski definition) is 0. The van der Waals surface area contributed by atoms with Crippen molar-refractivity contribution in [1.29, 1.82) is 0 Å². The van der Waals surface area contributed by atoms with Crippen molar-refractivity contribution in [3.8, 4) is 0 Å². The van der Waals surface area contributed by atoms with Crippen molar-refractivity contribution in [2.45, 2.75) is 51.6 Å². The fourth-order valence-electron chi connectivity index (χ4n) is 3.89. The van der Waals surface area contributed by atoms with Gasteiger partial charge in [0, 0.05) is 36.8 Å². The van der Waals surface area contributed by atoms with Crippen LogP contribution in [-0.2, 0) is 19.4 Å². The summed E-state index contributed by atoms with van der Waals surface area (Å²) in [5, 5.41) is 2.16. The van der Waals surface area contributed by atoms with E-state index in [0.29, 0.717) is 6.04 Å². The van der Waals surface area contributed by atoms with Gasteiger partial charge in [-0.15, -0.1) is 11.3 Å². The van der Waals surface area contributed by atoms with Crippen molar-refractivity contribution in [1.82, 2.24) is 19.4 Å². The van der Waals surface area contributed by atoms with E-state index >= 15 is 0 Å². The van der Waals surface area contributed by atoms with Gasteiger partial charge >= 0.3 is 0 Å². The van der Waals surface area contributed by atoms with Crippen LogP contribution in [0.1, 0.15) is 48.2 Å². The molecular formula is C16H22N4S. The predicted molar refractivity (Wildman–Crippen MR) is 84.7 cm³/mol. The molecule has 2 aromatic rings. The molecule has 4 nitrogen and oxygen atoms in total. The van der Waals surface area contributed by atoms with Gasteiger partial charge in [0.15, 0.2) is 0 Å². The first-order valence-corrected chi connectivity index (χ1v) is 8.91. The topological polar surface area (TPSA) is 34.0 Å². The number of rotatable bonds is 3. The van der Waals surface area contributed by atoms with Crippen LogP contribution in [0, 0.1) is 6.92 Å². The summed E-state index contributed by atoms with van der Waals surface area (Å²) in [5.74, 6) is 1.22. The number of likely N-dealkylation sites (tertiary alicyclic amines) is 1. The molecule has 1 unspecified atom stereocenters. The number of fused-ring (bicyclic) bond motifs is 1. The summed E-state index contributed by atoms with van der Waals surface area (Å²) in [4.78, 5) is 11.8. The Morgan fingerprint density at radius 1 is 1.33 bits per heavy atom. The van der Waals surface area contributed by atoms with Gasteiger partial charge in [-0.05, 0) is 39.0 Å². The molecule has 5 heteroatoms. The average molecular weight is 302 g/mol. The molecule has 112 valence electrons. The molecule has 1 saturated heterocycles. The maximum absolute atomic E-state index is 4.83. The minimum atomic E-state index is 0.609. The summed E-state index contributed by atoms with van der Waals surface area (Å²) < 4.78 is 2.55. The van der Waals surface area contributed by atoms with E-state index in [9.17, 15) is 0 Å². The highest BCUT2D eigenvalue weighted by atomic mass is 32.1. The van der Waals surface area contributed by atoms with Crippen molar-refractivity contribution in [3.63, 3.8) is 0 Å². The van der Waals surface area contributed by atoms with Crippen LogP contribution in [0.3, 0.4) is 0 Å². The monoisotopic (exact) mass is 302 g/mol. The lowest BCUT2D eigenvalue weighted by atomic mass is 10.0. The molecule has 1 aliphatic carbocycles. The molecule has 0 amide bonds. The molecular weight excluding hydrogens is 280 g/mol. The maximum Gasteiger partial charge on any atom is 0.106 e. The smallest absolute Gasteiger partial charge is 0.106 e. The van der Waals surface area contributed by atoms with Crippen molar-refractivity contribution < 1.29 is 0 Å². The minimum absolute atomic E-state index is 0.609. The molecule has 4 rings (SSSR count). The van der Waals surface area contributed by atoms with Crippen LogP contribution in [0.25, 0.3) is 0 Å². The lowest BCUT2D eigenvalue weighted by Crippen LogP contribution is -2.22. The highest BCUT2D eigenvalue weighted by Gasteiger charge is 2.29. The first-order valence-electron chi connectivity index (χ1n) is 7.97. The Hall–Kier alpha value is -1.20. The van der Waals surface area contributed by atoms with E-state index in [1.807, 2.05) is 5.51 Å². The normalized spacial score (nSPS) is 22.6. The molecule has 2 aliphatic rings. The Labute approximate surface area is 129 Å². The summed E-state index contributed by atoms with van der Waals surface area (Å²) in [5.41, 5.74) is 6.04.